The van der Waals surface area contributed by atoms with E-state index in [4.69, 9.17) is 9.47 Å². The minimum atomic E-state index is -1.23. The zero-order chi connectivity index (χ0) is 9.84. The van der Waals surface area contributed by atoms with Gasteiger partial charge in [0, 0.05) is 6.26 Å². The van der Waals surface area contributed by atoms with Crippen LogP contribution >= 0.6 is 0 Å². The Morgan fingerprint density at radius 1 is 1.23 bits per heavy atom. The Kier molecular flexibility index (Phi) is 3.18. The van der Waals surface area contributed by atoms with Gasteiger partial charge in [-0.3, -0.25) is 4.21 Å². The zero-order valence-electron chi connectivity index (χ0n) is 7.60. The van der Waals surface area contributed by atoms with Gasteiger partial charge in [0.2, 0.25) is 16.9 Å². The van der Waals surface area contributed by atoms with Crippen LogP contribution in [0.4, 0.5) is 0 Å². The van der Waals surface area contributed by atoms with Gasteiger partial charge >= 0.3 is 0 Å². The van der Waals surface area contributed by atoms with Crippen molar-refractivity contribution < 1.29 is 13.7 Å². The second-order valence-electron chi connectivity index (χ2n) is 2.19. The molecule has 0 amide bonds. The Balaban J connectivity index is 3.14. The van der Waals surface area contributed by atoms with Crippen molar-refractivity contribution in [3.05, 3.63) is 6.07 Å². The molecule has 0 saturated carbocycles. The van der Waals surface area contributed by atoms with E-state index in [0.717, 1.165) is 0 Å². The van der Waals surface area contributed by atoms with Crippen molar-refractivity contribution in [1.82, 2.24) is 9.97 Å². The fraction of sp³-hybridized carbons (Fsp3) is 0.429. The first kappa shape index (κ1) is 9.91. The summed E-state index contributed by atoms with van der Waals surface area (Å²) in [6, 6.07) is 1.52. The monoisotopic (exact) mass is 202 g/mol. The van der Waals surface area contributed by atoms with E-state index in [2.05, 4.69) is 9.97 Å². The maximum absolute atomic E-state index is 11.1. The summed E-state index contributed by atoms with van der Waals surface area (Å²) in [5, 5.41) is 0.205. The number of nitrogens with zero attached hydrogens (tertiary/aromatic N) is 2. The lowest BCUT2D eigenvalue weighted by molar-refractivity contribution is 0.363. The van der Waals surface area contributed by atoms with Crippen molar-refractivity contribution in [2.75, 3.05) is 20.5 Å². The van der Waals surface area contributed by atoms with E-state index >= 15 is 0 Å². The first-order chi connectivity index (χ1) is 6.17. The quantitative estimate of drug-likeness (QED) is 0.657. The third kappa shape index (κ3) is 2.38. The maximum atomic E-state index is 11.1. The summed E-state index contributed by atoms with van der Waals surface area (Å²) in [6.45, 7) is 0. The molecule has 1 atom stereocenters. The van der Waals surface area contributed by atoms with Crippen LogP contribution in [-0.2, 0) is 10.8 Å². The van der Waals surface area contributed by atoms with Crippen LogP contribution in [0.2, 0.25) is 0 Å². The van der Waals surface area contributed by atoms with Crippen LogP contribution in [0.5, 0.6) is 11.8 Å². The summed E-state index contributed by atoms with van der Waals surface area (Å²) >= 11 is 0. The fourth-order valence-electron chi connectivity index (χ4n) is 0.721. The minimum Gasteiger partial charge on any atom is -0.481 e. The van der Waals surface area contributed by atoms with Crippen molar-refractivity contribution in [2.45, 2.75) is 5.16 Å². The van der Waals surface area contributed by atoms with Gasteiger partial charge in [-0.2, -0.15) is 9.97 Å². The number of rotatable bonds is 3. The van der Waals surface area contributed by atoms with Crippen LogP contribution in [0, 0.1) is 0 Å². The van der Waals surface area contributed by atoms with Crippen LogP contribution in [0.25, 0.3) is 0 Å². The van der Waals surface area contributed by atoms with Crippen molar-refractivity contribution in [1.29, 1.82) is 0 Å². The van der Waals surface area contributed by atoms with Gasteiger partial charge < -0.3 is 9.47 Å². The number of aromatic nitrogens is 2. The van der Waals surface area contributed by atoms with Crippen molar-refractivity contribution >= 4 is 10.8 Å². The van der Waals surface area contributed by atoms with Crippen LogP contribution in [0.3, 0.4) is 0 Å². The molecule has 0 aliphatic heterocycles. The molecule has 0 unspecified atom stereocenters. The summed E-state index contributed by atoms with van der Waals surface area (Å²) in [4.78, 5) is 7.77. The number of methoxy groups -OCH3 is 2. The van der Waals surface area contributed by atoms with Crippen LogP contribution < -0.4 is 9.47 Å². The SMILES string of the molecule is COc1cc(OC)nc([S@@](C)=O)n1. The molecular weight excluding hydrogens is 192 g/mol. The number of ether oxygens (including phenoxy) is 2. The van der Waals surface area contributed by atoms with E-state index in [0.29, 0.717) is 11.8 Å². The topological polar surface area (TPSA) is 61.3 Å². The largest absolute Gasteiger partial charge is 0.481 e. The molecule has 0 aromatic carbocycles. The highest BCUT2D eigenvalue weighted by Crippen LogP contribution is 2.15. The lowest BCUT2D eigenvalue weighted by Crippen LogP contribution is -2.01. The van der Waals surface area contributed by atoms with E-state index in [1.807, 2.05) is 0 Å². The highest BCUT2D eigenvalue weighted by atomic mass is 32.2. The molecule has 0 fully saturated rings. The molecule has 0 aliphatic rings. The van der Waals surface area contributed by atoms with E-state index in [9.17, 15) is 4.21 Å². The summed E-state index contributed by atoms with van der Waals surface area (Å²) in [7, 11) is 1.72. The minimum absolute atomic E-state index is 0.205. The number of hydrogen-bond acceptors (Lipinski definition) is 5. The second-order valence-corrected chi connectivity index (χ2v) is 3.46. The molecule has 6 heteroatoms. The molecule has 1 aromatic rings. The zero-order valence-corrected chi connectivity index (χ0v) is 8.42. The first-order valence-electron chi connectivity index (χ1n) is 3.48. The molecule has 13 heavy (non-hydrogen) atoms. The molecule has 0 spiro atoms. The van der Waals surface area contributed by atoms with Crippen LogP contribution in [0.1, 0.15) is 0 Å². The van der Waals surface area contributed by atoms with Gasteiger partial charge in [0.1, 0.15) is 0 Å². The summed E-state index contributed by atoms with van der Waals surface area (Å²) in [5.41, 5.74) is 0. The molecule has 0 N–H and O–H groups in total. The van der Waals surface area contributed by atoms with Gasteiger partial charge in [0.05, 0.1) is 31.1 Å². The van der Waals surface area contributed by atoms with E-state index in [1.165, 1.54) is 26.5 Å². The third-order valence-corrected chi connectivity index (χ3v) is 2.03. The predicted octanol–water partition coefficient (Wildman–Crippen LogP) is 0.231. The highest BCUT2D eigenvalue weighted by Gasteiger charge is 2.07. The number of hydrogen-bond donors (Lipinski definition) is 0. The molecular formula is C7H10N2O3S. The summed E-state index contributed by atoms with van der Waals surface area (Å²) in [5.74, 6) is 0.689. The molecule has 1 aromatic heterocycles. The van der Waals surface area contributed by atoms with E-state index in [-0.39, 0.29) is 5.16 Å². The third-order valence-electron chi connectivity index (χ3n) is 1.33. The smallest absolute Gasteiger partial charge is 0.224 e. The molecule has 72 valence electrons. The average molecular weight is 202 g/mol. The van der Waals surface area contributed by atoms with Gasteiger partial charge in [-0.05, 0) is 0 Å². The average Bonchev–Trinajstić information content (AvgIpc) is 2.16. The Bertz CT molecular complexity index is 307. The summed E-state index contributed by atoms with van der Waals surface area (Å²) in [6.07, 6.45) is 1.49. The van der Waals surface area contributed by atoms with Gasteiger partial charge in [-0.25, -0.2) is 0 Å². The second kappa shape index (κ2) is 4.18. The van der Waals surface area contributed by atoms with Crippen LogP contribution in [-0.4, -0.2) is 34.7 Å². The van der Waals surface area contributed by atoms with Gasteiger partial charge in [-0.1, -0.05) is 0 Å². The molecule has 0 saturated heterocycles. The van der Waals surface area contributed by atoms with E-state index in [1.54, 1.807) is 0 Å². The molecule has 0 radical (unpaired) electrons. The Hall–Kier alpha value is -1.17. The Morgan fingerprint density at radius 3 is 2.00 bits per heavy atom. The lowest BCUT2D eigenvalue weighted by atomic mass is 10.6. The van der Waals surface area contributed by atoms with Crippen molar-refractivity contribution in [3.8, 4) is 11.8 Å². The normalized spacial score (nSPS) is 12.2. The molecule has 1 heterocycles. The first-order valence-corrected chi connectivity index (χ1v) is 5.03. The Morgan fingerprint density at radius 2 is 1.69 bits per heavy atom. The van der Waals surface area contributed by atoms with Gasteiger partial charge in [0.15, 0.2) is 0 Å². The maximum Gasteiger partial charge on any atom is 0.224 e. The van der Waals surface area contributed by atoms with Gasteiger partial charge in [0.25, 0.3) is 0 Å². The molecule has 0 bridgehead atoms. The molecule has 0 aliphatic carbocycles. The van der Waals surface area contributed by atoms with Crippen molar-refractivity contribution in [3.63, 3.8) is 0 Å². The van der Waals surface area contributed by atoms with Crippen molar-refractivity contribution in [2.24, 2.45) is 0 Å². The van der Waals surface area contributed by atoms with E-state index < -0.39 is 10.8 Å². The Labute approximate surface area is 78.6 Å². The fourth-order valence-corrected chi connectivity index (χ4v) is 1.16. The highest BCUT2D eigenvalue weighted by molar-refractivity contribution is 7.84. The molecule has 1 rings (SSSR count). The van der Waals surface area contributed by atoms with Gasteiger partial charge in [-0.15, -0.1) is 0 Å². The lowest BCUT2D eigenvalue weighted by Gasteiger charge is -2.03. The van der Waals surface area contributed by atoms with Crippen LogP contribution in [0.15, 0.2) is 11.2 Å². The summed E-state index contributed by atoms with van der Waals surface area (Å²) < 4.78 is 20.8. The molecule has 5 nitrogen and oxygen atoms in total. The standard InChI is InChI=1S/C7H10N2O3S/c1-11-5-4-6(12-2)9-7(8-5)13(3)10/h4H,1-3H3/t13-/m1/s1. The predicted molar refractivity (Wildman–Crippen MR) is 47.5 cm³/mol.